The van der Waals surface area contributed by atoms with Crippen LogP contribution in [-0.4, -0.2) is 15.0 Å². The Hall–Kier alpha value is -1.20. The molecule has 0 spiro atoms. The van der Waals surface area contributed by atoms with Crippen molar-refractivity contribution in [2.45, 2.75) is 25.8 Å². The lowest BCUT2D eigenvalue weighted by atomic mass is 10.1. The third-order valence-electron chi connectivity index (χ3n) is 3.49. The first-order valence-corrected chi connectivity index (χ1v) is 8.52. The second-order valence-corrected chi connectivity index (χ2v) is 6.54. The van der Waals surface area contributed by atoms with E-state index in [9.17, 15) is 0 Å². The van der Waals surface area contributed by atoms with Crippen molar-refractivity contribution in [1.82, 2.24) is 15.0 Å². The lowest BCUT2D eigenvalue weighted by molar-refractivity contribution is 0.506. The zero-order valence-electron chi connectivity index (χ0n) is 11.5. The second-order valence-electron chi connectivity index (χ2n) is 4.95. The molecule has 0 atom stereocenters. The summed E-state index contributed by atoms with van der Waals surface area (Å²) in [5.41, 5.74) is 1.81. The molecular weight excluding hydrogens is 394 g/mol. The highest BCUT2D eigenvalue weighted by Crippen LogP contribution is 2.37. The molecule has 0 saturated heterocycles. The van der Waals surface area contributed by atoms with Crippen LogP contribution in [0.4, 0.5) is 0 Å². The molecule has 0 fully saturated rings. The summed E-state index contributed by atoms with van der Waals surface area (Å²) in [4.78, 5) is 1.79. The molecule has 3 nitrogen and oxygen atoms in total. The Labute approximate surface area is 140 Å². The van der Waals surface area contributed by atoms with Gasteiger partial charge in [0.2, 0.25) is 0 Å². The van der Waals surface area contributed by atoms with Gasteiger partial charge in [0.05, 0.1) is 15.5 Å². The topological polar surface area (TPSA) is 30.7 Å². The molecule has 0 aliphatic carbocycles. The Kier molecular flexibility index (Phi) is 4.40. The molecule has 3 rings (SSSR count). The SMILES string of the molecule is C=CCCCCn1nc2c(Br)c3ccccc3c(Br)c2n1. The number of rotatable bonds is 5. The molecule has 0 aliphatic rings. The van der Waals surface area contributed by atoms with E-state index in [4.69, 9.17) is 0 Å². The highest BCUT2D eigenvalue weighted by molar-refractivity contribution is 9.11. The van der Waals surface area contributed by atoms with Crippen molar-refractivity contribution >= 4 is 53.7 Å². The van der Waals surface area contributed by atoms with Crippen LogP contribution >= 0.6 is 31.9 Å². The summed E-state index contributed by atoms with van der Waals surface area (Å²) in [6.07, 6.45) is 5.17. The molecule has 0 bridgehead atoms. The smallest absolute Gasteiger partial charge is 0.129 e. The lowest BCUT2D eigenvalue weighted by Crippen LogP contribution is -2.01. The van der Waals surface area contributed by atoms with E-state index in [-0.39, 0.29) is 0 Å². The van der Waals surface area contributed by atoms with Crippen LogP contribution in [0.15, 0.2) is 45.9 Å². The van der Waals surface area contributed by atoms with Crippen molar-refractivity contribution in [3.8, 4) is 0 Å². The molecule has 0 amide bonds. The van der Waals surface area contributed by atoms with Crippen LogP contribution in [0.3, 0.4) is 0 Å². The number of halogens is 2. The van der Waals surface area contributed by atoms with Gasteiger partial charge < -0.3 is 0 Å². The predicted octanol–water partition coefficient (Wildman–Crippen LogP) is 5.47. The highest BCUT2D eigenvalue weighted by atomic mass is 79.9. The van der Waals surface area contributed by atoms with E-state index in [2.05, 4.69) is 60.8 Å². The molecular formula is C16H15Br2N3. The average molecular weight is 409 g/mol. The van der Waals surface area contributed by atoms with Crippen LogP contribution in [0.25, 0.3) is 21.8 Å². The van der Waals surface area contributed by atoms with Gasteiger partial charge in [-0.05, 0) is 61.9 Å². The standard InChI is InChI=1S/C16H15Br2N3/c1-2-3-4-7-10-21-19-15-13(17)11-8-5-6-9-12(11)14(18)16(15)20-21/h2,5-6,8-9H,1,3-4,7,10H2. The zero-order chi connectivity index (χ0) is 14.8. The maximum atomic E-state index is 4.62. The Morgan fingerprint density at radius 3 is 2.10 bits per heavy atom. The number of hydrogen-bond donors (Lipinski definition) is 0. The van der Waals surface area contributed by atoms with Crippen LogP contribution in [0, 0.1) is 0 Å². The molecule has 3 aromatic rings. The first-order chi connectivity index (χ1) is 10.2. The monoisotopic (exact) mass is 407 g/mol. The van der Waals surface area contributed by atoms with Crippen molar-refractivity contribution in [2.75, 3.05) is 0 Å². The molecule has 5 heteroatoms. The number of fused-ring (bicyclic) bond motifs is 2. The van der Waals surface area contributed by atoms with Crippen molar-refractivity contribution < 1.29 is 0 Å². The van der Waals surface area contributed by atoms with Gasteiger partial charge in [0, 0.05) is 0 Å². The van der Waals surface area contributed by atoms with Gasteiger partial charge in [-0.3, -0.25) is 0 Å². The third kappa shape index (κ3) is 2.77. The first kappa shape index (κ1) is 14.7. The number of benzene rings is 2. The normalized spacial score (nSPS) is 11.3. The third-order valence-corrected chi connectivity index (χ3v) is 5.09. The Balaban J connectivity index is 2.04. The summed E-state index contributed by atoms with van der Waals surface area (Å²) >= 11 is 7.35. The highest BCUT2D eigenvalue weighted by Gasteiger charge is 2.15. The Bertz CT molecular complexity index is 749. The summed E-state index contributed by atoms with van der Waals surface area (Å²) in [6.45, 7) is 4.58. The van der Waals surface area contributed by atoms with Crippen molar-refractivity contribution in [3.05, 3.63) is 45.9 Å². The molecule has 1 heterocycles. The van der Waals surface area contributed by atoms with Crippen LogP contribution in [0.5, 0.6) is 0 Å². The fourth-order valence-corrected chi connectivity index (χ4v) is 3.63. The van der Waals surface area contributed by atoms with E-state index < -0.39 is 0 Å². The molecule has 0 radical (unpaired) electrons. The van der Waals surface area contributed by atoms with Crippen LogP contribution in [0.2, 0.25) is 0 Å². The second kappa shape index (κ2) is 6.28. The molecule has 0 aliphatic heterocycles. The predicted molar refractivity (Wildman–Crippen MR) is 94.5 cm³/mol. The van der Waals surface area contributed by atoms with Crippen LogP contribution < -0.4 is 0 Å². The van der Waals surface area contributed by atoms with E-state index in [1.165, 1.54) is 0 Å². The van der Waals surface area contributed by atoms with Gasteiger partial charge in [0.25, 0.3) is 0 Å². The van der Waals surface area contributed by atoms with Gasteiger partial charge in [0.15, 0.2) is 0 Å². The van der Waals surface area contributed by atoms with E-state index in [0.717, 1.165) is 56.6 Å². The average Bonchev–Trinajstić information content (AvgIpc) is 2.94. The summed E-state index contributed by atoms with van der Waals surface area (Å²) in [7, 11) is 0. The minimum absolute atomic E-state index is 0.831. The maximum absolute atomic E-state index is 4.62. The molecule has 2 aromatic carbocycles. The molecule has 21 heavy (non-hydrogen) atoms. The van der Waals surface area contributed by atoms with E-state index >= 15 is 0 Å². The van der Waals surface area contributed by atoms with E-state index in [1.807, 2.05) is 18.2 Å². The molecule has 108 valence electrons. The largest absolute Gasteiger partial charge is 0.184 e. The van der Waals surface area contributed by atoms with Gasteiger partial charge in [0.1, 0.15) is 11.0 Å². The molecule has 0 unspecified atom stereocenters. The number of aromatic nitrogens is 3. The minimum Gasteiger partial charge on any atom is -0.184 e. The van der Waals surface area contributed by atoms with E-state index in [0.29, 0.717) is 0 Å². The Morgan fingerprint density at radius 2 is 1.57 bits per heavy atom. The Morgan fingerprint density at radius 1 is 1.00 bits per heavy atom. The fourth-order valence-electron chi connectivity index (χ4n) is 2.41. The lowest BCUT2D eigenvalue weighted by Gasteiger charge is -2.03. The summed E-state index contributed by atoms with van der Waals surface area (Å²) in [6, 6.07) is 8.25. The van der Waals surface area contributed by atoms with Gasteiger partial charge in [-0.15, -0.1) is 6.58 Å². The first-order valence-electron chi connectivity index (χ1n) is 6.94. The van der Waals surface area contributed by atoms with Gasteiger partial charge >= 0.3 is 0 Å². The molecule has 0 saturated carbocycles. The number of nitrogens with zero attached hydrogens (tertiary/aromatic N) is 3. The van der Waals surface area contributed by atoms with Gasteiger partial charge in [-0.1, -0.05) is 30.3 Å². The van der Waals surface area contributed by atoms with E-state index in [1.54, 1.807) is 4.80 Å². The number of allylic oxidation sites excluding steroid dienone is 1. The van der Waals surface area contributed by atoms with Crippen molar-refractivity contribution in [2.24, 2.45) is 0 Å². The zero-order valence-corrected chi connectivity index (χ0v) is 14.7. The number of hydrogen-bond acceptors (Lipinski definition) is 2. The van der Waals surface area contributed by atoms with Crippen LogP contribution in [0.1, 0.15) is 19.3 Å². The van der Waals surface area contributed by atoms with Crippen LogP contribution in [-0.2, 0) is 6.54 Å². The maximum Gasteiger partial charge on any atom is 0.129 e. The van der Waals surface area contributed by atoms with Crippen molar-refractivity contribution in [1.29, 1.82) is 0 Å². The van der Waals surface area contributed by atoms with Gasteiger partial charge in [-0.25, -0.2) is 0 Å². The number of unbranched alkanes of at least 4 members (excludes halogenated alkanes) is 2. The molecule has 0 N–H and O–H groups in total. The molecule has 1 aromatic heterocycles. The minimum atomic E-state index is 0.831. The summed E-state index contributed by atoms with van der Waals surface area (Å²) in [5.74, 6) is 0. The summed E-state index contributed by atoms with van der Waals surface area (Å²) in [5, 5.41) is 11.5. The fraction of sp³-hybridized carbons (Fsp3) is 0.250. The summed E-state index contributed by atoms with van der Waals surface area (Å²) < 4.78 is 2.02. The number of aryl methyl sites for hydroxylation is 1. The van der Waals surface area contributed by atoms with Gasteiger partial charge in [-0.2, -0.15) is 15.0 Å². The quantitative estimate of drug-likeness (QED) is 0.414. The van der Waals surface area contributed by atoms with Crippen molar-refractivity contribution in [3.63, 3.8) is 0 Å².